The number of hydrogen-bond donors (Lipinski definition) is 1. The van der Waals surface area contributed by atoms with Crippen LogP contribution < -0.4 is 4.90 Å². The molecule has 2 bridgehead atoms. The molecule has 1 aliphatic heterocycles. The van der Waals surface area contributed by atoms with Crippen LogP contribution in [0, 0.1) is 11.3 Å². The van der Waals surface area contributed by atoms with E-state index >= 15 is 0 Å². The standard InChI is InChI=1S/C25H19NO3/c1-25-21-16-10-4-2-8-14(16)20(15-9-3-5-11-17(15)21)22(25)23(28)26(24(25)29)18-12-6-7-13-19(18)27/h2-13,20-22,27H,1H3/t20?,21?,22-,25-/m1/s1. The fourth-order valence-electron chi connectivity index (χ4n) is 6.00. The Balaban J connectivity index is 1.64. The fourth-order valence-corrected chi connectivity index (χ4v) is 6.00. The molecule has 0 unspecified atom stereocenters. The second-order valence-corrected chi connectivity index (χ2v) is 8.40. The number of hydrogen-bond acceptors (Lipinski definition) is 3. The van der Waals surface area contributed by atoms with Crippen LogP contribution in [-0.2, 0) is 9.59 Å². The van der Waals surface area contributed by atoms with E-state index in [4.69, 9.17) is 0 Å². The smallest absolute Gasteiger partial charge is 0.241 e. The Bertz CT molecular complexity index is 1170. The molecule has 0 spiro atoms. The van der Waals surface area contributed by atoms with Gasteiger partial charge in [0.15, 0.2) is 0 Å². The van der Waals surface area contributed by atoms with Gasteiger partial charge in [-0.25, -0.2) is 4.90 Å². The van der Waals surface area contributed by atoms with Crippen molar-refractivity contribution in [1.82, 2.24) is 0 Å². The average Bonchev–Trinajstić information content (AvgIpc) is 2.95. The number of amides is 2. The lowest BCUT2D eigenvalue weighted by Crippen LogP contribution is -2.49. The number of anilines is 1. The molecule has 2 amide bonds. The van der Waals surface area contributed by atoms with E-state index in [1.54, 1.807) is 18.2 Å². The van der Waals surface area contributed by atoms with Crippen molar-refractivity contribution in [1.29, 1.82) is 0 Å². The lowest BCUT2D eigenvalue weighted by Gasteiger charge is -2.51. The van der Waals surface area contributed by atoms with Gasteiger partial charge < -0.3 is 5.11 Å². The average molecular weight is 381 g/mol. The monoisotopic (exact) mass is 381 g/mol. The highest BCUT2D eigenvalue weighted by Gasteiger charge is 2.69. The summed E-state index contributed by atoms with van der Waals surface area (Å²) in [6.45, 7) is 1.93. The van der Waals surface area contributed by atoms with Crippen molar-refractivity contribution in [2.24, 2.45) is 11.3 Å². The van der Waals surface area contributed by atoms with Crippen LogP contribution in [0.5, 0.6) is 5.75 Å². The SMILES string of the molecule is C[C@]12C(=O)N(c3ccccc3O)C(=O)[C@H]1C1c3ccccc3C2c2ccccc21. The molecule has 142 valence electrons. The number of aromatic hydroxyl groups is 1. The summed E-state index contributed by atoms with van der Waals surface area (Å²) >= 11 is 0. The molecular weight excluding hydrogens is 362 g/mol. The Hall–Kier alpha value is -3.40. The number of nitrogens with zero attached hydrogens (tertiary/aromatic N) is 1. The molecule has 7 rings (SSSR count). The summed E-state index contributed by atoms with van der Waals surface area (Å²) in [5.41, 5.74) is 3.93. The van der Waals surface area contributed by atoms with E-state index in [-0.39, 0.29) is 35.1 Å². The topological polar surface area (TPSA) is 57.6 Å². The Labute approximate surface area is 168 Å². The van der Waals surface area contributed by atoms with Gasteiger partial charge in [-0.05, 0) is 41.3 Å². The molecule has 3 aromatic rings. The van der Waals surface area contributed by atoms with Gasteiger partial charge in [-0.3, -0.25) is 9.59 Å². The molecule has 3 aliphatic carbocycles. The lowest BCUT2D eigenvalue weighted by atomic mass is 9.48. The molecule has 2 atom stereocenters. The maximum absolute atomic E-state index is 13.8. The van der Waals surface area contributed by atoms with E-state index in [0.717, 1.165) is 22.3 Å². The number of rotatable bonds is 1. The van der Waals surface area contributed by atoms with Crippen molar-refractivity contribution >= 4 is 17.5 Å². The van der Waals surface area contributed by atoms with Gasteiger partial charge in [0.25, 0.3) is 0 Å². The number of phenolic OH excluding ortho intramolecular Hbond substituents is 1. The van der Waals surface area contributed by atoms with Crippen LogP contribution in [0.3, 0.4) is 0 Å². The minimum atomic E-state index is -0.882. The number of phenols is 1. The van der Waals surface area contributed by atoms with Gasteiger partial charge in [0.1, 0.15) is 5.75 Å². The van der Waals surface area contributed by atoms with Gasteiger partial charge in [0.05, 0.1) is 17.0 Å². The maximum atomic E-state index is 13.8. The molecule has 0 aromatic heterocycles. The normalized spacial score (nSPS) is 28.9. The Morgan fingerprint density at radius 2 is 1.31 bits per heavy atom. The van der Waals surface area contributed by atoms with E-state index in [9.17, 15) is 14.7 Å². The van der Waals surface area contributed by atoms with Gasteiger partial charge in [0.2, 0.25) is 11.8 Å². The summed E-state index contributed by atoms with van der Waals surface area (Å²) in [4.78, 5) is 28.8. The van der Waals surface area contributed by atoms with Gasteiger partial charge in [-0.15, -0.1) is 0 Å². The molecule has 4 heteroatoms. The summed E-state index contributed by atoms with van der Waals surface area (Å²) in [6, 6.07) is 22.9. The summed E-state index contributed by atoms with van der Waals surface area (Å²) in [6.07, 6.45) is 0. The first-order valence-electron chi connectivity index (χ1n) is 9.89. The summed E-state index contributed by atoms with van der Waals surface area (Å²) in [5.74, 6) is -1.34. The third kappa shape index (κ3) is 1.80. The van der Waals surface area contributed by atoms with Crippen molar-refractivity contribution in [2.75, 3.05) is 4.90 Å². The van der Waals surface area contributed by atoms with Gasteiger partial charge in [-0.1, -0.05) is 60.7 Å². The molecule has 1 fully saturated rings. The first-order chi connectivity index (χ1) is 14.0. The predicted molar refractivity (Wildman–Crippen MR) is 109 cm³/mol. The number of carbonyl (C=O) groups excluding carboxylic acids is 2. The Morgan fingerprint density at radius 3 is 1.90 bits per heavy atom. The van der Waals surface area contributed by atoms with E-state index < -0.39 is 11.3 Å². The van der Waals surface area contributed by atoms with Crippen molar-refractivity contribution in [3.05, 3.63) is 95.1 Å². The van der Waals surface area contributed by atoms with E-state index in [1.165, 1.54) is 11.0 Å². The minimum absolute atomic E-state index is 0.0566. The van der Waals surface area contributed by atoms with E-state index in [2.05, 4.69) is 24.3 Å². The zero-order chi connectivity index (χ0) is 19.9. The summed E-state index contributed by atoms with van der Waals surface area (Å²) < 4.78 is 0. The molecule has 3 aromatic carbocycles. The maximum Gasteiger partial charge on any atom is 0.241 e. The van der Waals surface area contributed by atoms with Crippen molar-refractivity contribution in [2.45, 2.75) is 18.8 Å². The largest absolute Gasteiger partial charge is 0.506 e. The number of carbonyl (C=O) groups is 2. The third-order valence-corrected chi connectivity index (χ3v) is 7.14. The molecular formula is C25H19NO3. The number of benzene rings is 3. The molecule has 29 heavy (non-hydrogen) atoms. The van der Waals surface area contributed by atoms with E-state index in [1.807, 2.05) is 31.2 Å². The molecule has 1 N–H and O–H groups in total. The fraction of sp³-hybridized carbons (Fsp3) is 0.200. The van der Waals surface area contributed by atoms with Crippen LogP contribution in [-0.4, -0.2) is 16.9 Å². The zero-order valence-corrected chi connectivity index (χ0v) is 15.9. The van der Waals surface area contributed by atoms with Gasteiger partial charge in [-0.2, -0.15) is 0 Å². The third-order valence-electron chi connectivity index (χ3n) is 7.14. The molecule has 0 saturated carbocycles. The summed E-state index contributed by atoms with van der Waals surface area (Å²) in [7, 11) is 0. The lowest BCUT2D eigenvalue weighted by molar-refractivity contribution is -0.128. The van der Waals surface area contributed by atoms with Gasteiger partial charge in [0, 0.05) is 11.8 Å². The highest BCUT2D eigenvalue weighted by atomic mass is 16.3. The van der Waals surface area contributed by atoms with Crippen LogP contribution in [0.15, 0.2) is 72.8 Å². The Kier molecular flexibility index (Phi) is 3.05. The van der Waals surface area contributed by atoms with Crippen LogP contribution in [0.1, 0.15) is 41.0 Å². The van der Waals surface area contributed by atoms with Crippen LogP contribution >= 0.6 is 0 Å². The molecule has 4 nitrogen and oxygen atoms in total. The quantitative estimate of drug-likeness (QED) is 0.644. The van der Waals surface area contributed by atoms with Gasteiger partial charge >= 0.3 is 0 Å². The van der Waals surface area contributed by atoms with Crippen molar-refractivity contribution < 1.29 is 14.7 Å². The van der Waals surface area contributed by atoms with Crippen LogP contribution in [0.25, 0.3) is 0 Å². The second-order valence-electron chi connectivity index (χ2n) is 8.40. The highest BCUT2D eigenvalue weighted by molar-refractivity contribution is 6.25. The molecule has 1 saturated heterocycles. The highest BCUT2D eigenvalue weighted by Crippen LogP contribution is 2.67. The Morgan fingerprint density at radius 1 is 0.793 bits per heavy atom. The van der Waals surface area contributed by atoms with E-state index in [0.29, 0.717) is 0 Å². The van der Waals surface area contributed by atoms with Crippen LogP contribution in [0.4, 0.5) is 5.69 Å². The number of imide groups is 1. The summed E-state index contributed by atoms with van der Waals surface area (Å²) in [5, 5.41) is 10.4. The molecule has 0 radical (unpaired) electrons. The second kappa shape index (κ2) is 5.35. The van der Waals surface area contributed by atoms with Crippen molar-refractivity contribution in [3.8, 4) is 5.75 Å². The van der Waals surface area contributed by atoms with Crippen LogP contribution in [0.2, 0.25) is 0 Å². The first kappa shape index (κ1) is 16.5. The number of para-hydroxylation sites is 2. The van der Waals surface area contributed by atoms with Crippen molar-refractivity contribution in [3.63, 3.8) is 0 Å². The molecule has 1 heterocycles. The zero-order valence-electron chi connectivity index (χ0n) is 15.9. The predicted octanol–water partition coefficient (Wildman–Crippen LogP) is 4.18. The molecule has 4 aliphatic rings. The first-order valence-corrected chi connectivity index (χ1v) is 9.89. The minimum Gasteiger partial charge on any atom is -0.506 e.